The Kier molecular flexibility index (Phi) is 8.11. The number of rotatable bonds is 8. The summed E-state index contributed by atoms with van der Waals surface area (Å²) in [6, 6.07) is 4.03. The van der Waals surface area contributed by atoms with Gasteiger partial charge in [0.1, 0.15) is 11.9 Å². The summed E-state index contributed by atoms with van der Waals surface area (Å²) in [6.45, 7) is 17.3. The number of aromatic nitrogens is 1. The maximum absolute atomic E-state index is 13.5. The van der Waals surface area contributed by atoms with E-state index >= 15 is 0 Å². The highest BCUT2D eigenvalue weighted by atomic mass is 32.2. The third kappa shape index (κ3) is 4.85. The molecule has 6 heteroatoms. The molecule has 0 spiro atoms. The summed E-state index contributed by atoms with van der Waals surface area (Å²) in [4.78, 5) is 27.8. The maximum atomic E-state index is 13.5. The lowest BCUT2D eigenvalue weighted by Crippen LogP contribution is -2.63. The van der Waals surface area contributed by atoms with E-state index in [1.807, 2.05) is 43.6 Å². The molecule has 2 bridgehead atoms. The average molecular weight is 527 g/mol. The summed E-state index contributed by atoms with van der Waals surface area (Å²) in [5, 5.41) is 11.6. The van der Waals surface area contributed by atoms with Crippen LogP contribution in [0.25, 0.3) is 0 Å². The number of esters is 1. The molecule has 8 atom stereocenters. The highest BCUT2D eigenvalue weighted by Gasteiger charge is 2.68. The number of pyridine rings is 1. The van der Waals surface area contributed by atoms with Crippen LogP contribution in [0.5, 0.6) is 0 Å². The van der Waals surface area contributed by atoms with E-state index in [1.54, 1.807) is 0 Å². The minimum atomic E-state index is -0.649. The zero-order valence-corrected chi connectivity index (χ0v) is 23.8. The molecule has 0 aromatic carbocycles. The van der Waals surface area contributed by atoms with E-state index in [-0.39, 0.29) is 40.7 Å². The van der Waals surface area contributed by atoms with Gasteiger partial charge in [0.05, 0.1) is 11.9 Å². The predicted octanol–water partition coefficient (Wildman–Crippen LogP) is 5.55. The molecule has 0 amide bonds. The minimum absolute atomic E-state index is 0.0293. The topological polar surface area (TPSA) is 67.5 Å². The molecular weight excluding hydrogens is 482 g/mol. The van der Waals surface area contributed by atoms with Crippen molar-refractivity contribution in [2.45, 2.75) is 89.9 Å². The second-order valence-corrected chi connectivity index (χ2v) is 13.3. The maximum Gasteiger partial charge on any atom is 0.316 e. The van der Waals surface area contributed by atoms with Gasteiger partial charge in [-0.25, -0.2) is 4.57 Å². The van der Waals surface area contributed by atoms with Gasteiger partial charge >= 0.3 is 5.97 Å². The third-order valence-electron chi connectivity index (χ3n) is 10.4. The van der Waals surface area contributed by atoms with Gasteiger partial charge < -0.3 is 9.84 Å². The molecule has 0 radical (unpaired) electrons. The fourth-order valence-electron chi connectivity index (χ4n) is 7.77. The van der Waals surface area contributed by atoms with E-state index in [4.69, 9.17) is 4.74 Å². The summed E-state index contributed by atoms with van der Waals surface area (Å²) in [5.41, 5.74) is -1.35. The first-order valence-electron chi connectivity index (χ1n) is 13.8. The van der Waals surface area contributed by atoms with Crippen molar-refractivity contribution in [3.05, 3.63) is 49.8 Å². The van der Waals surface area contributed by atoms with Crippen LogP contribution in [0.3, 0.4) is 0 Å². The predicted molar refractivity (Wildman–Crippen MR) is 147 cm³/mol. The van der Waals surface area contributed by atoms with Gasteiger partial charge in [0, 0.05) is 46.6 Å². The number of thioether (sulfide) groups is 1. The number of hydrogen-bond acceptors (Lipinski definition) is 5. The van der Waals surface area contributed by atoms with Gasteiger partial charge in [-0.1, -0.05) is 39.8 Å². The lowest BCUT2D eigenvalue weighted by molar-refractivity contribution is -0.696. The zero-order valence-electron chi connectivity index (χ0n) is 22.9. The SMILES string of the molecule is C=CCC[n+]1ccc(SCC(=O)O[C@@H]2C[C@@](C)(C=C)[C@@H](O)[C@H](C)[C@]34CCC(=O)[C@H]3[C@@]2(C)[C@H](C)CC4)cc1. The summed E-state index contributed by atoms with van der Waals surface area (Å²) in [5.74, 6) is 0.203. The molecule has 3 saturated carbocycles. The molecule has 1 N–H and O–H groups in total. The number of ether oxygens (including phenoxy) is 1. The Bertz CT molecular complexity index is 1040. The monoisotopic (exact) mass is 526 g/mol. The van der Waals surface area contributed by atoms with Gasteiger partial charge in [-0.2, -0.15) is 0 Å². The Balaban J connectivity index is 1.59. The van der Waals surface area contributed by atoms with E-state index in [9.17, 15) is 14.7 Å². The molecule has 1 heterocycles. The van der Waals surface area contributed by atoms with Crippen LogP contribution in [0, 0.1) is 34.0 Å². The summed E-state index contributed by atoms with van der Waals surface area (Å²) in [7, 11) is 0. The zero-order chi connectivity index (χ0) is 27.0. The minimum Gasteiger partial charge on any atom is -0.461 e. The van der Waals surface area contributed by atoms with Crippen molar-refractivity contribution in [3.8, 4) is 0 Å². The van der Waals surface area contributed by atoms with E-state index in [0.717, 1.165) is 37.1 Å². The molecule has 4 rings (SSSR count). The summed E-state index contributed by atoms with van der Waals surface area (Å²) < 4.78 is 8.43. The molecule has 0 aliphatic heterocycles. The molecule has 1 aromatic heterocycles. The van der Waals surface area contributed by atoms with Gasteiger partial charge in [0.15, 0.2) is 18.9 Å². The summed E-state index contributed by atoms with van der Waals surface area (Å²) in [6.07, 6.45) is 11.3. The molecule has 3 fully saturated rings. The van der Waals surface area contributed by atoms with Crippen molar-refractivity contribution in [2.24, 2.45) is 34.0 Å². The molecule has 3 aliphatic carbocycles. The number of aliphatic hydroxyl groups excluding tert-OH is 1. The molecule has 5 nitrogen and oxygen atoms in total. The Morgan fingerprint density at radius 2 is 1.95 bits per heavy atom. The molecule has 1 aromatic rings. The van der Waals surface area contributed by atoms with Gasteiger partial charge in [-0.15, -0.1) is 24.9 Å². The number of nitrogens with zero attached hydrogens (tertiary/aromatic N) is 1. The third-order valence-corrected chi connectivity index (χ3v) is 11.4. The molecule has 202 valence electrons. The Labute approximate surface area is 226 Å². The van der Waals surface area contributed by atoms with Crippen molar-refractivity contribution < 1.29 is 24.0 Å². The second kappa shape index (κ2) is 10.7. The van der Waals surface area contributed by atoms with Crippen LogP contribution in [0.1, 0.15) is 66.2 Å². The first-order chi connectivity index (χ1) is 17.5. The van der Waals surface area contributed by atoms with Crippen molar-refractivity contribution in [2.75, 3.05) is 5.75 Å². The molecule has 37 heavy (non-hydrogen) atoms. The molecule has 0 saturated heterocycles. The number of allylic oxidation sites excluding steroid dienone is 1. The van der Waals surface area contributed by atoms with E-state index in [1.165, 1.54) is 11.8 Å². The molecule has 0 unspecified atom stereocenters. The normalized spacial score (nSPS) is 39.3. The lowest BCUT2D eigenvalue weighted by Gasteiger charge is -2.61. The van der Waals surface area contributed by atoms with E-state index < -0.39 is 23.0 Å². The number of ketones is 1. The molecule has 3 aliphatic rings. The standard InChI is InChI=1S/C31H44NO4S/c1-7-9-16-32-17-12-23(13-18-32)37-20-26(34)36-25-19-29(5,8-2)28(35)22(4)31-14-10-21(3)30(25,6)27(31)24(33)11-15-31/h7-8,12-13,17-18,21-22,25,27-28,35H,1-2,9-11,14-16,19-20H2,3-6H3/q+1/t21-,22+,25-,27+,28+,29-,30+,31+/m1/s1. The second-order valence-electron chi connectivity index (χ2n) is 12.2. The van der Waals surface area contributed by atoms with Gasteiger partial charge in [-0.3, -0.25) is 9.59 Å². The van der Waals surface area contributed by atoms with Crippen LogP contribution < -0.4 is 4.57 Å². The summed E-state index contributed by atoms with van der Waals surface area (Å²) >= 11 is 1.46. The van der Waals surface area contributed by atoms with Gasteiger partial charge in [-0.05, 0) is 42.9 Å². The number of carbonyl (C=O) groups is 2. The highest BCUT2D eigenvalue weighted by molar-refractivity contribution is 8.00. The fourth-order valence-corrected chi connectivity index (χ4v) is 8.43. The van der Waals surface area contributed by atoms with Crippen molar-refractivity contribution in [1.29, 1.82) is 0 Å². The van der Waals surface area contributed by atoms with Crippen LogP contribution in [0.2, 0.25) is 0 Å². The smallest absolute Gasteiger partial charge is 0.316 e. The Morgan fingerprint density at radius 3 is 2.59 bits per heavy atom. The number of hydrogen-bond donors (Lipinski definition) is 1. The van der Waals surface area contributed by atoms with Gasteiger partial charge in [0.2, 0.25) is 0 Å². The van der Waals surface area contributed by atoms with Crippen LogP contribution in [0.4, 0.5) is 0 Å². The number of aliphatic hydroxyl groups is 1. The highest BCUT2D eigenvalue weighted by Crippen LogP contribution is 2.68. The number of carbonyl (C=O) groups excluding carboxylic acids is 2. The Morgan fingerprint density at radius 1 is 1.24 bits per heavy atom. The fraction of sp³-hybridized carbons (Fsp3) is 0.645. The molecular formula is C31H44NO4S+. The number of Topliss-reactive ketones (excluding diaryl/α,β-unsaturated/α-hetero) is 1. The first-order valence-corrected chi connectivity index (χ1v) is 14.8. The lowest BCUT2D eigenvalue weighted by atomic mass is 9.44. The largest absolute Gasteiger partial charge is 0.461 e. The van der Waals surface area contributed by atoms with E-state index in [2.05, 4.69) is 38.5 Å². The van der Waals surface area contributed by atoms with Crippen molar-refractivity contribution >= 4 is 23.5 Å². The van der Waals surface area contributed by atoms with Crippen LogP contribution in [-0.2, 0) is 20.9 Å². The van der Waals surface area contributed by atoms with Crippen LogP contribution >= 0.6 is 11.8 Å². The average Bonchev–Trinajstić information content (AvgIpc) is 3.25. The van der Waals surface area contributed by atoms with Crippen molar-refractivity contribution in [3.63, 3.8) is 0 Å². The van der Waals surface area contributed by atoms with Crippen molar-refractivity contribution in [1.82, 2.24) is 0 Å². The quantitative estimate of drug-likeness (QED) is 0.208. The first kappa shape index (κ1) is 28.1. The van der Waals surface area contributed by atoms with Gasteiger partial charge in [0.25, 0.3) is 0 Å². The number of aryl methyl sites for hydroxylation is 1. The van der Waals surface area contributed by atoms with Crippen LogP contribution in [0.15, 0.2) is 54.7 Å². The van der Waals surface area contributed by atoms with Crippen LogP contribution in [-0.4, -0.2) is 34.8 Å². The van der Waals surface area contributed by atoms with E-state index in [0.29, 0.717) is 12.8 Å². The Hall–Kier alpha value is -1.92.